The van der Waals surface area contributed by atoms with Crippen LogP contribution in [-0.2, 0) is 0 Å². The van der Waals surface area contributed by atoms with Crippen molar-refractivity contribution >= 4 is 53.2 Å². The zero-order chi connectivity index (χ0) is 37.7. The molecule has 3 aromatic heterocycles. The zero-order valence-electron chi connectivity index (χ0n) is 30.8. The van der Waals surface area contributed by atoms with E-state index in [1.165, 1.54) is 42.1 Å². The van der Waals surface area contributed by atoms with E-state index in [1.54, 1.807) is 0 Å². The average Bonchev–Trinajstić information content (AvgIpc) is 3.68. The van der Waals surface area contributed by atoms with E-state index in [9.17, 15) is 0 Å². The summed E-state index contributed by atoms with van der Waals surface area (Å²) < 4.78 is 2.58. The number of thiophene rings is 1. The van der Waals surface area contributed by atoms with Crippen molar-refractivity contribution < 1.29 is 0 Å². The maximum absolute atomic E-state index is 5.34. The van der Waals surface area contributed by atoms with E-state index in [2.05, 4.69) is 200 Å². The van der Waals surface area contributed by atoms with Crippen LogP contribution >= 0.6 is 11.3 Å². The van der Waals surface area contributed by atoms with Crippen molar-refractivity contribution in [3.05, 3.63) is 200 Å². The number of rotatable bonds is 6. The van der Waals surface area contributed by atoms with Crippen molar-refractivity contribution in [1.29, 1.82) is 0 Å². The zero-order valence-corrected chi connectivity index (χ0v) is 31.6. The monoisotopic (exact) mass is 743 g/mol. The summed E-state index contributed by atoms with van der Waals surface area (Å²) >= 11 is 1.86. The van der Waals surface area contributed by atoms with Gasteiger partial charge < -0.3 is 0 Å². The highest BCUT2D eigenvalue weighted by Crippen LogP contribution is 2.43. The van der Waals surface area contributed by atoms with E-state index in [-0.39, 0.29) is 0 Å². The molecule has 11 rings (SSSR count). The maximum atomic E-state index is 5.34. The Morgan fingerprint density at radius 3 is 1.51 bits per heavy atom. The normalized spacial score (nSPS) is 11.5. The number of hydrogen-bond acceptors (Lipinski definition) is 4. The number of hydrogen-bond donors (Lipinski definition) is 0. The van der Waals surface area contributed by atoms with Gasteiger partial charge in [0.15, 0.2) is 5.82 Å². The molecular formula is C53H33N3S. The van der Waals surface area contributed by atoms with Crippen molar-refractivity contribution in [3.63, 3.8) is 0 Å². The largest absolute Gasteiger partial charge is 0.247 e. The third-order valence-corrected chi connectivity index (χ3v) is 12.1. The Morgan fingerprint density at radius 2 is 0.825 bits per heavy atom. The summed E-state index contributed by atoms with van der Waals surface area (Å²) in [5.74, 6) is 0.663. The molecule has 0 fully saturated rings. The van der Waals surface area contributed by atoms with Gasteiger partial charge >= 0.3 is 0 Å². The second-order valence-corrected chi connectivity index (χ2v) is 15.4. The van der Waals surface area contributed by atoms with Gasteiger partial charge in [-0.25, -0.2) is 15.0 Å². The standard InChI is InChI=1S/C53H33N3S/c1-3-14-34(15-4-1)36-18-11-20-38(30-36)47-33-48(39-21-12-19-37(31-39)35-16-5-2-6-17-35)56-53(55-47)41-23-13-22-40(32-41)51-45-29-28-43-42-24-8-10-27-49(42)57-52(43)50(45)44-25-7-9-26-46(44)54-51/h1-33H. The Morgan fingerprint density at radius 1 is 0.316 bits per heavy atom. The van der Waals surface area contributed by atoms with Crippen LogP contribution < -0.4 is 0 Å². The third kappa shape index (κ3) is 5.95. The van der Waals surface area contributed by atoms with Crippen molar-refractivity contribution in [2.75, 3.05) is 0 Å². The summed E-state index contributed by atoms with van der Waals surface area (Å²) in [6.45, 7) is 0. The molecule has 0 N–H and O–H groups in total. The molecule has 0 saturated heterocycles. The van der Waals surface area contributed by atoms with E-state index in [0.717, 1.165) is 61.4 Å². The van der Waals surface area contributed by atoms with Crippen molar-refractivity contribution in [2.45, 2.75) is 0 Å². The fraction of sp³-hybridized carbons (Fsp3) is 0. The molecule has 57 heavy (non-hydrogen) atoms. The minimum absolute atomic E-state index is 0.663. The van der Waals surface area contributed by atoms with Crippen LogP contribution in [0, 0.1) is 0 Å². The highest BCUT2D eigenvalue weighted by molar-refractivity contribution is 7.26. The molecule has 0 bridgehead atoms. The molecule has 0 spiro atoms. The Labute approximate surface area is 334 Å². The molecule has 0 radical (unpaired) electrons. The van der Waals surface area contributed by atoms with Crippen molar-refractivity contribution in [1.82, 2.24) is 15.0 Å². The molecule has 4 heteroatoms. The van der Waals surface area contributed by atoms with Gasteiger partial charge in [-0.1, -0.05) is 164 Å². The van der Waals surface area contributed by atoms with E-state index in [0.29, 0.717) is 5.82 Å². The molecule has 3 nitrogen and oxygen atoms in total. The SMILES string of the molecule is c1ccc(-c2cccc(-c3cc(-c4cccc(-c5ccccc5)c4)nc(-c4cccc(-c5nc6ccccc6c6c5ccc5c7ccccc7sc56)c4)n3)c2)cc1. The number of benzene rings is 8. The molecule has 8 aromatic carbocycles. The molecule has 11 aromatic rings. The number of nitrogens with zero attached hydrogens (tertiary/aromatic N) is 3. The first-order valence-electron chi connectivity index (χ1n) is 19.2. The lowest BCUT2D eigenvalue weighted by Crippen LogP contribution is -1.97. The van der Waals surface area contributed by atoms with Crippen LogP contribution in [-0.4, -0.2) is 15.0 Å². The van der Waals surface area contributed by atoms with Crippen LogP contribution in [0.4, 0.5) is 0 Å². The predicted octanol–water partition coefficient (Wildman–Crippen LogP) is 14.5. The first-order valence-corrected chi connectivity index (χ1v) is 20.0. The lowest BCUT2D eigenvalue weighted by Gasteiger charge is -2.13. The number of aromatic nitrogens is 3. The van der Waals surface area contributed by atoms with Gasteiger partial charge in [-0.3, -0.25) is 0 Å². The van der Waals surface area contributed by atoms with Crippen LogP contribution in [0.1, 0.15) is 0 Å². The lowest BCUT2D eigenvalue weighted by molar-refractivity contribution is 1.18. The molecule has 0 aliphatic carbocycles. The third-order valence-electron chi connectivity index (χ3n) is 10.9. The van der Waals surface area contributed by atoms with Gasteiger partial charge in [0.1, 0.15) is 0 Å². The molecule has 0 saturated carbocycles. The molecule has 3 heterocycles. The fourth-order valence-corrected chi connectivity index (χ4v) is 9.36. The van der Waals surface area contributed by atoms with Gasteiger partial charge in [0.2, 0.25) is 0 Å². The van der Waals surface area contributed by atoms with Gasteiger partial charge in [0.25, 0.3) is 0 Å². The van der Waals surface area contributed by atoms with Crippen LogP contribution in [0.5, 0.6) is 0 Å². The lowest BCUT2D eigenvalue weighted by atomic mass is 9.97. The topological polar surface area (TPSA) is 38.7 Å². The summed E-state index contributed by atoms with van der Waals surface area (Å²) in [5.41, 5.74) is 12.3. The number of pyridine rings is 1. The van der Waals surface area contributed by atoms with Crippen molar-refractivity contribution in [2.24, 2.45) is 0 Å². The van der Waals surface area contributed by atoms with E-state index in [1.807, 2.05) is 11.3 Å². The second kappa shape index (κ2) is 13.8. The molecule has 266 valence electrons. The molecule has 0 atom stereocenters. The maximum Gasteiger partial charge on any atom is 0.160 e. The quantitative estimate of drug-likeness (QED) is 0.159. The summed E-state index contributed by atoms with van der Waals surface area (Å²) in [7, 11) is 0. The van der Waals surface area contributed by atoms with Gasteiger partial charge in [-0.2, -0.15) is 0 Å². The highest BCUT2D eigenvalue weighted by Gasteiger charge is 2.18. The minimum atomic E-state index is 0.663. The van der Waals surface area contributed by atoms with Gasteiger partial charge in [0.05, 0.1) is 22.6 Å². The molecule has 0 aliphatic heterocycles. The number of para-hydroxylation sites is 1. The molecule has 0 aliphatic rings. The smallest absolute Gasteiger partial charge is 0.160 e. The molecule has 0 unspecified atom stereocenters. The first kappa shape index (κ1) is 33.1. The predicted molar refractivity (Wildman–Crippen MR) is 240 cm³/mol. The Hall–Kier alpha value is -7.27. The van der Waals surface area contributed by atoms with E-state index in [4.69, 9.17) is 15.0 Å². The highest BCUT2D eigenvalue weighted by atomic mass is 32.1. The fourth-order valence-electron chi connectivity index (χ4n) is 8.09. The summed E-state index contributed by atoms with van der Waals surface area (Å²) in [5, 5.41) is 6.12. The number of fused-ring (bicyclic) bond motifs is 7. The Kier molecular flexibility index (Phi) is 8.01. The summed E-state index contributed by atoms with van der Waals surface area (Å²) in [6.07, 6.45) is 0. The summed E-state index contributed by atoms with van der Waals surface area (Å²) in [4.78, 5) is 15.9. The minimum Gasteiger partial charge on any atom is -0.247 e. The average molecular weight is 744 g/mol. The van der Waals surface area contributed by atoms with Crippen LogP contribution in [0.2, 0.25) is 0 Å². The van der Waals surface area contributed by atoms with Crippen LogP contribution in [0.25, 0.3) is 109 Å². The second-order valence-electron chi connectivity index (χ2n) is 14.4. The van der Waals surface area contributed by atoms with Gasteiger partial charge in [0, 0.05) is 58.6 Å². The van der Waals surface area contributed by atoms with E-state index >= 15 is 0 Å². The van der Waals surface area contributed by atoms with Crippen molar-refractivity contribution in [3.8, 4) is 67.4 Å². The first-order chi connectivity index (χ1) is 28.2. The molecule has 0 amide bonds. The molecular weight excluding hydrogens is 711 g/mol. The van der Waals surface area contributed by atoms with E-state index < -0.39 is 0 Å². The summed E-state index contributed by atoms with van der Waals surface area (Å²) in [6, 6.07) is 70.7. The Balaban J connectivity index is 1.10. The Bertz CT molecular complexity index is 3200. The van der Waals surface area contributed by atoms with Gasteiger partial charge in [-0.15, -0.1) is 11.3 Å². The van der Waals surface area contributed by atoms with Gasteiger partial charge in [-0.05, 0) is 58.7 Å². The van der Waals surface area contributed by atoms with Crippen LogP contribution in [0.3, 0.4) is 0 Å². The van der Waals surface area contributed by atoms with Crippen LogP contribution in [0.15, 0.2) is 200 Å².